The summed E-state index contributed by atoms with van der Waals surface area (Å²) >= 11 is 0. The van der Waals surface area contributed by atoms with Crippen LogP contribution in [0.1, 0.15) is 18.4 Å². The minimum atomic E-state index is -0.230. The Balaban J connectivity index is 1.61. The fourth-order valence-electron chi connectivity index (χ4n) is 1.88. The van der Waals surface area contributed by atoms with Crippen LogP contribution in [0, 0.1) is 6.92 Å². The number of hydrogen-bond acceptors (Lipinski definition) is 4. The van der Waals surface area contributed by atoms with E-state index >= 15 is 0 Å². The van der Waals surface area contributed by atoms with Crippen LogP contribution in [-0.2, 0) is 0 Å². The molecule has 2 amide bonds. The van der Waals surface area contributed by atoms with Crippen LogP contribution in [0.25, 0.3) is 0 Å². The molecule has 0 aliphatic heterocycles. The molecular formula is C15H17N5O. The van der Waals surface area contributed by atoms with Gasteiger partial charge < -0.3 is 10.6 Å². The van der Waals surface area contributed by atoms with Crippen molar-refractivity contribution >= 4 is 23.4 Å². The minimum Gasteiger partial charge on any atom is -0.339 e. The third-order valence-electron chi connectivity index (χ3n) is 3.23. The van der Waals surface area contributed by atoms with Gasteiger partial charge in [-0.05, 0) is 43.5 Å². The Hall–Kier alpha value is -2.63. The lowest BCUT2D eigenvalue weighted by atomic mass is 10.2. The second-order valence-electron chi connectivity index (χ2n) is 5.12. The Labute approximate surface area is 123 Å². The maximum absolute atomic E-state index is 11.6. The Kier molecular flexibility index (Phi) is 3.68. The van der Waals surface area contributed by atoms with Crippen molar-refractivity contribution < 1.29 is 4.79 Å². The highest BCUT2D eigenvalue weighted by Crippen LogP contribution is 2.19. The fraction of sp³-hybridized carbons (Fsp3) is 0.267. The molecule has 0 atom stereocenters. The second-order valence-corrected chi connectivity index (χ2v) is 5.12. The summed E-state index contributed by atoms with van der Waals surface area (Å²) in [6.07, 6.45) is 2.11. The molecule has 1 aliphatic rings. The van der Waals surface area contributed by atoms with Crippen molar-refractivity contribution in [1.82, 2.24) is 15.5 Å². The Morgan fingerprint density at radius 3 is 2.48 bits per heavy atom. The number of rotatable bonds is 4. The fourth-order valence-corrected chi connectivity index (χ4v) is 1.88. The molecule has 6 heteroatoms. The molecule has 2 aromatic rings. The van der Waals surface area contributed by atoms with Crippen molar-refractivity contribution in [3.05, 3.63) is 42.0 Å². The van der Waals surface area contributed by atoms with E-state index in [0.29, 0.717) is 17.7 Å². The van der Waals surface area contributed by atoms with Gasteiger partial charge in [-0.25, -0.2) is 4.79 Å². The summed E-state index contributed by atoms with van der Waals surface area (Å²) in [5, 5.41) is 16.7. The second kappa shape index (κ2) is 5.78. The molecule has 1 aliphatic carbocycles. The topological polar surface area (TPSA) is 78.9 Å². The van der Waals surface area contributed by atoms with Gasteiger partial charge in [0.25, 0.3) is 0 Å². The molecule has 1 saturated carbocycles. The molecule has 6 nitrogen and oxygen atoms in total. The van der Waals surface area contributed by atoms with E-state index in [1.165, 1.54) is 0 Å². The highest BCUT2D eigenvalue weighted by Gasteiger charge is 2.23. The minimum absolute atomic E-state index is 0.230. The number of para-hydroxylation sites is 1. The van der Waals surface area contributed by atoms with Crippen molar-refractivity contribution in [3.63, 3.8) is 0 Å². The van der Waals surface area contributed by atoms with Gasteiger partial charge in [-0.15, -0.1) is 10.2 Å². The summed E-state index contributed by atoms with van der Waals surface area (Å²) in [6.45, 7) is 2.02. The van der Waals surface area contributed by atoms with Gasteiger partial charge in [0.2, 0.25) is 0 Å². The van der Waals surface area contributed by atoms with E-state index in [-0.39, 0.29) is 6.03 Å². The number of nitrogens with one attached hydrogen (secondary N) is 3. The number of aromatic nitrogens is 2. The Morgan fingerprint density at radius 2 is 1.81 bits per heavy atom. The molecule has 1 aromatic carbocycles. The summed E-state index contributed by atoms with van der Waals surface area (Å²) in [5.41, 5.74) is 2.12. The number of benzene rings is 1. The number of nitrogens with zero attached hydrogens (tertiary/aromatic N) is 2. The summed E-state index contributed by atoms with van der Waals surface area (Å²) in [4.78, 5) is 11.6. The van der Waals surface area contributed by atoms with Gasteiger partial charge in [-0.1, -0.05) is 18.2 Å². The molecule has 108 valence electrons. The summed E-state index contributed by atoms with van der Waals surface area (Å²) in [5.74, 6) is 1.07. The summed E-state index contributed by atoms with van der Waals surface area (Å²) in [6, 6.07) is 11.5. The van der Waals surface area contributed by atoms with Gasteiger partial charge in [0.1, 0.15) is 0 Å². The summed E-state index contributed by atoms with van der Waals surface area (Å²) < 4.78 is 0. The monoisotopic (exact) mass is 283 g/mol. The van der Waals surface area contributed by atoms with E-state index in [0.717, 1.165) is 24.1 Å². The highest BCUT2D eigenvalue weighted by molar-refractivity contribution is 5.88. The maximum Gasteiger partial charge on any atom is 0.320 e. The number of hydrogen-bond donors (Lipinski definition) is 3. The number of carbonyl (C=O) groups is 1. The van der Waals surface area contributed by atoms with Crippen LogP contribution in [0.5, 0.6) is 0 Å². The molecule has 1 heterocycles. The third-order valence-corrected chi connectivity index (χ3v) is 3.23. The van der Waals surface area contributed by atoms with Crippen molar-refractivity contribution in [2.24, 2.45) is 0 Å². The lowest BCUT2D eigenvalue weighted by Crippen LogP contribution is -2.30. The van der Waals surface area contributed by atoms with Crippen LogP contribution in [-0.4, -0.2) is 22.3 Å². The van der Waals surface area contributed by atoms with Gasteiger partial charge in [0.05, 0.1) is 0 Å². The van der Waals surface area contributed by atoms with Crippen LogP contribution in [0.3, 0.4) is 0 Å². The molecule has 3 rings (SSSR count). The summed E-state index contributed by atoms with van der Waals surface area (Å²) in [7, 11) is 0. The van der Waals surface area contributed by atoms with Gasteiger partial charge in [-0.3, -0.25) is 5.32 Å². The quantitative estimate of drug-likeness (QED) is 0.806. The molecule has 21 heavy (non-hydrogen) atoms. The number of anilines is 3. The van der Waals surface area contributed by atoms with E-state index in [2.05, 4.69) is 26.1 Å². The van der Waals surface area contributed by atoms with Crippen molar-refractivity contribution in [2.45, 2.75) is 25.8 Å². The van der Waals surface area contributed by atoms with Crippen LogP contribution >= 0.6 is 0 Å². The predicted octanol–water partition coefficient (Wildman–Crippen LogP) is 2.81. The zero-order valence-corrected chi connectivity index (χ0v) is 11.8. The maximum atomic E-state index is 11.6. The van der Waals surface area contributed by atoms with Crippen LogP contribution in [0.4, 0.5) is 22.1 Å². The molecule has 3 N–H and O–H groups in total. The average molecular weight is 283 g/mol. The van der Waals surface area contributed by atoms with Crippen LogP contribution in [0.2, 0.25) is 0 Å². The third kappa shape index (κ3) is 3.68. The first-order valence-corrected chi connectivity index (χ1v) is 6.94. The molecule has 0 bridgehead atoms. The normalized spacial score (nSPS) is 13.6. The molecular weight excluding hydrogens is 266 g/mol. The average Bonchev–Trinajstić information content (AvgIpc) is 3.27. The number of urea groups is 1. The SMILES string of the molecule is Cc1ccccc1Nc1ccc(NC(=O)NC2CC2)nn1. The van der Waals surface area contributed by atoms with E-state index in [1.54, 1.807) is 12.1 Å². The highest BCUT2D eigenvalue weighted by atomic mass is 16.2. The van der Waals surface area contributed by atoms with E-state index in [9.17, 15) is 4.79 Å². The van der Waals surface area contributed by atoms with Gasteiger partial charge in [-0.2, -0.15) is 0 Å². The largest absolute Gasteiger partial charge is 0.339 e. The number of aryl methyl sites for hydroxylation is 1. The standard InChI is InChI=1S/C15H17N5O/c1-10-4-2-3-5-12(10)17-13-8-9-14(20-19-13)18-15(21)16-11-6-7-11/h2-5,8-9,11H,6-7H2,1H3,(H,17,19)(H2,16,18,20,21). The van der Waals surface area contributed by atoms with Crippen molar-refractivity contribution in [2.75, 3.05) is 10.6 Å². The zero-order valence-electron chi connectivity index (χ0n) is 11.8. The molecule has 1 aromatic heterocycles. The molecule has 0 unspecified atom stereocenters. The van der Waals surface area contributed by atoms with Gasteiger partial charge >= 0.3 is 6.03 Å². The Bertz CT molecular complexity index is 637. The van der Waals surface area contributed by atoms with Crippen molar-refractivity contribution in [3.8, 4) is 0 Å². The molecule has 0 radical (unpaired) electrons. The molecule has 0 spiro atoms. The van der Waals surface area contributed by atoms with Crippen LogP contribution in [0.15, 0.2) is 36.4 Å². The van der Waals surface area contributed by atoms with E-state index in [1.807, 2.05) is 31.2 Å². The lowest BCUT2D eigenvalue weighted by molar-refractivity contribution is 0.251. The first-order valence-electron chi connectivity index (χ1n) is 6.94. The van der Waals surface area contributed by atoms with Gasteiger partial charge in [0.15, 0.2) is 11.6 Å². The molecule has 0 saturated heterocycles. The number of carbonyl (C=O) groups excluding carboxylic acids is 1. The first kappa shape index (κ1) is 13.4. The first-order chi connectivity index (χ1) is 10.2. The van der Waals surface area contributed by atoms with Gasteiger partial charge in [0, 0.05) is 11.7 Å². The van der Waals surface area contributed by atoms with Crippen molar-refractivity contribution in [1.29, 1.82) is 0 Å². The zero-order chi connectivity index (χ0) is 14.7. The predicted molar refractivity (Wildman–Crippen MR) is 81.7 cm³/mol. The van der Waals surface area contributed by atoms with Crippen LogP contribution < -0.4 is 16.0 Å². The number of amides is 2. The molecule has 1 fully saturated rings. The van der Waals surface area contributed by atoms with E-state index in [4.69, 9.17) is 0 Å². The smallest absolute Gasteiger partial charge is 0.320 e. The van der Waals surface area contributed by atoms with E-state index < -0.39 is 0 Å². The Morgan fingerprint density at radius 1 is 1.10 bits per heavy atom. The lowest BCUT2D eigenvalue weighted by Gasteiger charge is -2.09.